The fourth-order valence-electron chi connectivity index (χ4n) is 1.70. The van der Waals surface area contributed by atoms with Gasteiger partial charge >= 0.3 is 0 Å². The van der Waals surface area contributed by atoms with Crippen molar-refractivity contribution in [2.75, 3.05) is 17.2 Å². The molecule has 2 aromatic heterocycles. The van der Waals surface area contributed by atoms with Gasteiger partial charge in [-0.1, -0.05) is 12.1 Å². The van der Waals surface area contributed by atoms with E-state index in [9.17, 15) is 0 Å². The van der Waals surface area contributed by atoms with Gasteiger partial charge in [-0.3, -0.25) is 0 Å². The third-order valence-electron chi connectivity index (χ3n) is 2.55. The second kappa shape index (κ2) is 6.72. The van der Waals surface area contributed by atoms with E-state index in [1.165, 1.54) is 0 Å². The number of nitrogens with zero attached hydrogens (tertiary/aromatic N) is 3. The molecular weight excluding hydrogens is 242 g/mol. The molecule has 2 rings (SSSR count). The predicted octanol–water partition coefficient (Wildman–Crippen LogP) is 2.46. The van der Waals surface area contributed by atoms with Crippen molar-refractivity contribution in [2.45, 2.75) is 33.2 Å². The second-order valence-corrected chi connectivity index (χ2v) is 4.18. The van der Waals surface area contributed by atoms with Crippen molar-refractivity contribution >= 4 is 11.6 Å². The molecule has 0 amide bonds. The van der Waals surface area contributed by atoms with Gasteiger partial charge in [0, 0.05) is 25.1 Å². The molecule has 0 unspecified atom stereocenters. The number of hydrogen-bond acceptors (Lipinski definition) is 6. The molecule has 0 saturated heterocycles. The highest BCUT2D eigenvalue weighted by atomic mass is 16.5. The van der Waals surface area contributed by atoms with Gasteiger partial charge in [0.2, 0.25) is 0 Å². The topological polar surface area (TPSA) is 75.9 Å². The van der Waals surface area contributed by atoms with Gasteiger partial charge in [0.1, 0.15) is 29.4 Å². The average molecular weight is 261 g/mol. The largest absolute Gasteiger partial charge is 0.370 e. The fourth-order valence-corrected chi connectivity index (χ4v) is 1.70. The van der Waals surface area contributed by atoms with E-state index in [-0.39, 0.29) is 0 Å². The highest BCUT2D eigenvalue weighted by molar-refractivity contribution is 5.47. The maximum Gasteiger partial charge on any atom is 0.133 e. The van der Waals surface area contributed by atoms with E-state index in [1.54, 1.807) is 6.26 Å². The van der Waals surface area contributed by atoms with Crippen LogP contribution in [0.1, 0.15) is 31.8 Å². The van der Waals surface area contributed by atoms with Gasteiger partial charge in [-0.15, -0.1) is 0 Å². The summed E-state index contributed by atoms with van der Waals surface area (Å²) in [4.78, 5) is 8.95. The normalized spacial score (nSPS) is 10.4. The van der Waals surface area contributed by atoms with Gasteiger partial charge in [-0.05, 0) is 13.3 Å². The van der Waals surface area contributed by atoms with Crippen LogP contribution in [0.25, 0.3) is 0 Å². The fraction of sp³-hybridized carbons (Fsp3) is 0.462. The Balaban J connectivity index is 2.08. The lowest BCUT2D eigenvalue weighted by Crippen LogP contribution is -2.08. The Morgan fingerprint density at radius 3 is 2.58 bits per heavy atom. The van der Waals surface area contributed by atoms with Gasteiger partial charge in [0.25, 0.3) is 0 Å². The smallest absolute Gasteiger partial charge is 0.133 e. The quantitative estimate of drug-likeness (QED) is 0.797. The lowest BCUT2D eigenvalue weighted by atomic mass is 10.3. The highest BCUT2D eigenvalue weighted by Gasteiger charge is 2.04. The van der Waals surface area contributed by atoms with Crippen LogP contribution in [-0.2, 0) is 13.0 Å². The first-order valence-corrected chi connectivity index (χ1v) is 6.56. The number of aryl methyl sites for hydroxylation is 1. The van der Waals surface area contributed by atoms with E-state index in [4.69, 9.17) is 4.52 Å². The molecule has 0 atom stereocenters. The predicted molar refractivity (Wildman–Crippen MR) is 74.0 cm³/mol. The molecule has 0 aromatic carbocycles. The Morgan fingerprint density at radius 1 is 1.16 bits per heavy atom. The molecule has 0 aliphatic rings. The van der Waals surface area contributed by atoms with Crippen LogP contribution in [0, 0.1) is 0 Å². The SMILES string of the molecule is CCCc1nc(NCC)cc(NCc2ccon2)n1. The number of aromatic nitrogens is 3. The van der Waals surface area contributed by atoms with E-state index in [0.717, 1.165) is 42.5 Å². The zero-order valence-electron chi connectivity index (χ0n) is 11.3. The van der Waals surface area contributed by atoms with Crippen LogP contribution in [0.3, 0.4) is 0 Å². The summed E-state index contributed by atoms with van der Waals surface area (Å²) in [7, 11) is 0. The molecule has 19 heavy (non-hydrogen) atoms. The van der Waals surface area contributed by atoms with Crippen molar-refractivity contribution in [1.82, 2.24) is 15.1 Å². The zero-order chi connectivity index (χ0) is 13.5. The minimum atomic E-state index is 0.588. The molecule has 0 bridgehead atoms. The Morgan fingerprint density at radius 2 is 1.95 bits per heavy atom. The van der Waals surface area contributed by atoms with Crippen molar-refractivity contribution in [3.05, 3.63) is 29.9 Å². The summed E-state index contributed by atoms with van der Waals surface area (Å²) >= 11 is 0. The van der Waals surface area contributed by atoms with Crippen LogP contribution in [0.4, 0.5) is 11.6 Å². The van der Waals surface area contributed by atoms with Crippen LogP contribution in [0.15, 0.2) is 22.9 Å². The summed E-state index contributed by atoms with van der Waals surface area (Å²) in [6.45, 7) is 5.59. The standard InChI is InChI=1S/C13H19N5O/c1-3-5-11-16-12(14-4-2)8-13(17-11)15-9-10-6-7-19-18-10/h6-8H,3-5,9H2,1-2H3,(H2,14,15,16,17). The van der Waals surface area contributed by atoms with Crippen molar-refractivity contribution < 1.29 is 4.52 Å². The summed E-state index contributed by atoms with van der Waals surface area (Å²) in [6.07, 6.45) is 3.46. The van der Waals surface area contributed by atoms with E-state index < -0.39 is 0 Å². The number of hydrogen-bond donors (Lipinski definition) is 2. The minimum absolute atomic E-state index is 0.588. The minimum Gasteiger partial charge on any atom is -0.370 e. The summed E-state index contributed by atoms with van der Waals surface area (Å²) < 4.78 is 4.79. The number of rotatable bonds is 7. The molecule has 2 heterocycles. The Bertz CT molecular complexity index is 473. The molecule has 102 valence electrons. The Labute approximate surface area is 112 Å². The molecule has 2 aromatic rings. The van der Waals surface area contributed by atoms with Crippen LogP contribution in [0.5, 0.6) is 0 Å². The Kier molecular flexibility index (Phi) is 4.72. The van der Waals surface area contributed by atoms with Gasteiger partial charge < -0.3 is 15.2 Å². The van der Waals surface area contributed by atoms with E-state index in [2.05, 4.69) is 32.7 Å². The molecule has 6 nitrogen and oxygen atoms in total. The van der Waals surface area contributed by atoms with E-state index in [1.807, 2.05) is 19.1 Å². The summed E-state index contributed by atoms with van der Waals surface area (Å²) in [5, 5.41) is 10.3. The third-order valence-corrected chi connectivity index (χ3v) is 2.55. The van der Waals surface area contributed by atoms with Gasteiger partial charge in [-0.2, -0.15) is 0 Å². The van der Waals surface area contributed by atoms with Gasteiger partial charge in [0.15, 0.2) is 0 Å². The van der Waals surface area contributed by atoms with Crippen LogP contribution >= 0.6 is 0 Å². The molecule has 0 aliphatic heterocycles. The molecule has 0 fully saturated rings. The third kappa shape index (κ3) is 3.94. The van der Waals surface area contributed by atoms with Crippen molar-refractivity contribution in [3.63, 3.8) is 0 Å². The van der Waals surface area contributed by atoms with Crippen molar-refractivity contribution in [2.24, 2.45) is 0 Å². The summed E-state index contributed by atoms with van der Waals surface area (Å²) in [6, 6.07) is 3.73. The van der Waals surface area contributed by atoms with Gasteiger partial charge in [-0.25, -0.2) is 9.97 Å². The first kappa shape index (κ1) is 13.3. The molecule has 0 spiro atoms. The van der Waals surface area contributed by atoms with Crippen LogP contribution < -0.4 is 10.6 Å². The van der Waals surface area contributed by atoms with Crippen molar-refractivity contribution in [3.8, 4) is 0 Å². The van der Waals surface area contributed by atoms with E-state index in [0.29, 0.717) is 6.54 Å². The monoisotopic (exact) mass is 261 g/mol. The second-order valence-electron chi connectivity index (χ2n) is 4.18. The summed E-state index contributed by atoms with van der Waals surface area (Å²) in [5.74, 6) is 2.50. The molecule has 2 N–H and O–H groups in total. The Hall–Kier alpha value is -2.11. The first-order chi connectivity index (χ1) is 9.31. The molecule has 0 aliphatic carbocycles. The van der Waals surface area contributed by atoms with Crippen molar-refractivity contribution in [1.29, 1.82) is 0 Å². The first-order valence-electron chi connectivity index (χ1n) is 6.56. The zero-order valence-corrected chi connectivity index (χ0v) is 11.3. The average Bonchev–Trinajstić information content (AvgIpc) is 2.90. The maximum atomic E-state index is 4.79. The summed E-state index contributed by atoms with van der Waals surface area (Å²) in [5.41, 5.74) is 0.848. The molecule has 6 heteroatoms. The van der Waals surface area contributed by atoms with Gasteiger partial charge in [0.05, 0.1) is 6.54 Å². The van der Waals surface area contributed by atoms with Crippen LogP contribution in [0.2, 0.25) is 0 Å². The number of anilines is 2. The lowest BCUT2D eigenvalue weighted by Gasteiger charge is -2.09. The highest BCUT2D eigenvalue weighted by Crippen LogP contribution is 2.13. The number of nitrogens with one attached hydrogen (secondary N) is 2. The molecular formula is C13H19N5O. The molecule has 0 radical (unpaired) electrons. The van der Waals surface area contributed by atoms with Crippen LogP contribution in [-0.4, -0.2) is 21.7 Å². The lowest BCUT2D eigenvalue weighted by molar-refractivity contribution is 0.412. The maximum absolute atomic E-state index is 4.79. The molecule has 0 saturated carbocycles. The van der Waals surface area contributed by atoms with E-state index >= 15 is 0 Å².